The lowest BCUT2D eigenvalue weighted by Gasteiger charge is -2.15. The van der Waals surface area contributed by atoms with Crippen molar-refractivity contribution in [3.63, 3.8) is 0 Å². The summed E-state index contributed by atoms with van der Waals surface area (Å²) in [5, 5.41) is 11.0. The molecular weight excluding hydrogens is 320 g/mol. The van der Waals surface area contributed by atoms with Crippen molar-refractivity contribution >= 4 is 17.6 Å². The molecule has 0 aliphatic carbocycles. The fourth-order valence-corrected chi connectivity index (χ4v) is 2.08. The highest BCUT2D eigenvalue weighted by Crippen LogP contribution is 2.28. The summed E-state index contributed by atoms with van der Waals surface area (Å²) in [6.07, 6.45) is 1.19. The Kier molecular flexibility index (Phi) is 4.93. The molecule has 0 aromatic heterocycles. The molecule has 0 N–H and O–H groups in total. The number of ether oxygens (including phenoxy) is 3. The van der Waals surface area contributed by atoms with Gasteiger partial charge in [-0.1, -0.05) is 0 Å². The molecule has 2 rings (SSSR count). The first-order valence-electron chi connectivity index (χ1n) is 6.75. The van der Waals surface area contributed by atoms with Gasteiger partial charge in [0.25, 0.3) is 0 Å². The zero-order valence-corrected chi connectivity index (χ0v) is 13.1. The number of carbonyl (C=O) groups is 2. The molecule has 24 heavy (non-hydrogen) atoms. The molecule has 0 spiro atoms. The second-order valence-corrected chi connectivity index (χ2v) is 4.79. The minimum atomic E-state index is -1.84. The Hall–Kier alpha value is -3.23. The van der Waals surface area contributed by atoms with Crippen LogP contribution in [0.4, 0.5) is 0 Å². The van der Waals surface area contributed by atoms with Crippen LogP contribution in [0.2, 0.25) is 0 Å². The second-order valence-electron chi connectivity index (χ2n) is 4.79. The number of allylic oxidation sites excluding steroid dienone is 1. The van der Waals surface area contributed by atoms with Gasteiger partial charge in [-0.2, -0.15) is 0 Å². The number of hydrogen-bond donors (Lipinski definition) is 0. The molecule has 0 radical (unpaired) electrons. The first-order valence-corrected chi connectivity index (χ1v) is 6.75. The van der Waals surface area contributed by atoms with Crippen molar-refractivity contribution in [3.8, 4) is 11.5 Å². The van der Waals surface area contributed by atoms with Crippen molar-refractivity contribution < 1.29 is 28.7 Å². The third-order valence-electron chi connectivity index (χ3n) is 3.18. The van der Waals surface area contributed by atoms with Crippen LogP contribution in [0.15, 0.2) is 35.0 Å². The van der Waals surface area contributed by atoms with Gasteiger partial charge >= 0.3 is 17.9 Å². The van der Waals surface area contributed by atoms with Crippen molar-refractivity contribution in [1.82, 2.24) is 0 Å². The van der Waals surface area contributed by atoms with Gasteiger partial charge in [0.2, 0.25) is 0 Å². The number of nitro groups is 1. The van der Waals surface area contributed by atoms with Crippen LogP contribution >= 0.6 is 0 Å². The predicted molar refractivity (Wildman–Crippen MR) is 81.9 cm³/mol. The Labute approximate surface area is 136 Å². The molecule has 1 aliphatic rings. The van der Waals surface area contributed by atoms with E-state index in [1.165, 1.54) is 45.4 Å². The van der Waals surface area contributed by atoms with E-state index in [4.69, 9.17) is 14.2 Å². The smallest absolute Gasteiger partial charge is 0.348 e. The Morgan fingerprint density at radius 1 is 1.25 bits per heavy atom. The van der Waals surface area contributed by atoms with E-state index in [0.717, 1.165) is 0 Å². The van der Waals surface area contributed by atoms with Crippen LogP contribution < -0.4 is 9.47 Å². The monoisotopic (exact) mass is 334 g/mol. The number of rotatable bonds is 5. The van der Waals surface area contributed by atoms with Gasteiger partial charge in [-0.15, -0.1) is 0 Å². The molecule has 0 bridgehead atoms. The van der Waals surface area contributed by atoms with Crippen LogP contribution in [-0.2, 0) is 9.53 Å². The number of hydrogen-bond acceptors (Lipinski definition) is 7. The van der Waals surface area contributed by atoms with Gasteiger partial charge in [-0.25, -0.2) is 9.79 Å². The first kappa shape index (κ1) is 17.1. The zero-order chi connectivity index (χ0) is 17.9. The van der Waals surface area contributed by atoms with E-state index in [0.29, 0.717) is 11.5 Å². The molecule has 9 nitrogen and oxygen atoms in total. The highest BCUT2D eigenvalue weighted by Gasteiger charge is 2.39. The van der Waals surface area contributed by atoms with Crippen LogP contribution in [0.5, 0.6) is 11.5 Å². The second kappa shape index (κ2) is 6.90. The number of carbonyl (C=O) groups excluding carboxylic acids is 2. The van der Waals surface area contributed by atoms with Crippen LogP contribution in [0.3, 0.4) is 0 Å². The summed E-state index contributed by atoms with van der Waals surface area (Å²) < 4.78 is 15.2. The van der Waals surface area contributed by atoms with E-state index in [2.05, 4.69) is 4.99 Å². The van der Waals surface area contributed by atoms with E-state index in [9.17, 15) is 19.7 Å². The minimum Gasteiger partial charge on any atom is -0.493 e. The third-order valence-corrected chi connectivity index (χ3v) is 3.18. The lowest BCUT2D eigenvalue weighted by molar-refractivity contribution is -0.501. The molecule has 0 saturated carbocycles. The van der Waals surface area contributed by atoms with Gasteiger partial charge < -0.3 is 14.2 Å². The fourth-order valence-electron chi connectivity index (χ4n) is 2.08. The number of methoxy groups -OCH3 is 2. The Morgan fingerprint density at radius 3 is 2.50 bits per heavy atom. The SMILES string of the molecule is COc1ccc(C(=O)OC2=CC(C)=NC(=O)C2[N+](=O)[O-])cc1OC. The summed E-state index contributed by atoms with van der Waals surface area (Å²) in [5.41, 5.74) is 0.302. The molecule has 1 aliphatic heterocycles. The topological polar surface area (TPSA) is 117 Å². The van der Waals surface area contributed by atoms with Crippen molar-refractivity contribution in [2.45, 2.75) is 13.0 Å². The van der Waals surface area contributed by atoms with Crippen LogP contribution in [0.1, 0.15) is 17.3 Å². The van der Waals surface area contributed by atoms with Gasteiger partial charge in [0.15, 0.2) is 17.3 Å². The minimum absolute atomic E-state index is 0.0864. The number of dihydropyridines is 1. The average Bonchev–Trinajstić information content (AvgIpc) is 2.52. The number of aliphatic imine (C=N–C) groups is 1. The molecule has 1 aromatic rings. The van der Waals surface area contributed by atoms with E-state index in [-0.39, 0.29) is 17.0 Å². The van der Waals surface area contributed by atoms with Gasteiger partial charge in [-0.3, -0.25) is 14.9 Å². The molecule has 0 saturated heterocycles. The summed E-state index contributed by atoms with van der Waals surface area (Å²) in [6.45, 7) is 1.47. The quantitative estimate of drug-likeness (QED) is 0.453. The molecule has 1 amide bonds. The maximum atomic E-state index is 12.2. The van der Waals surface area contributed by atoms with E-state index >= 15 is 0 Å². The van der Waals surface area contributed by atoms with Crippen LogP contribution in [0, 0.1) is 10.1 Å². The van der Waals surface area contributed by atoms with Crippen LogP contribution in [-0.4, -0.2) is 42.8 Å². The van der Waals surface area contributed by atoms with Crippen LogP contribution in [0.25, 0.3) is 0 Å². The van der Waals surface area contributed by atoms with E-state index in [1.807, 2.05) is 0 Å². The number of amides is 1. The molecule has 1 heterocycles. The molecule has 0 fully saturated rings. The van der Waals surface area contributed by atoms with Crippen molar-refractivity contribution in [2.24, 2.45) is 4.99 Å². The molecule has 1 unspecified atom stereocenters. The first-order chi connectivity index (χ1) is 11.4. The van der Waals surface area contributed by atoms with Crippen molar-refractivity contribution in [2.75, 3.05) is 14.2 Å². The third kappa shape index (κ3) is 3.40. The maximum absolute atomic E-state index is 12.2. The fraction of sp³-hybridized carbons (Fsp3) is 0.267. The molecular formula is C15H14N2O7. The summed E-state index contributed by atoms with van der Waals surface area (Å²) in [5.74, 6) is -1.53. The zero-order valence-electron chi connectivity index (χ0n) is 13.1. The summed E-state index contributed by atoms with van der Waals surface area (Å²) in [4.78, 5) is 37.6. The Bertz CT molecular complexity index is 767. The summed E-state index contributed by atoms with van der Waals surface area (Å²) in [6, 6.07) is 2.44. The van der Waals surface area contributed by atoms with Gasteiger partial charge in [-0.05, 0) is 25.1 Å². The number of esters is 1. The molecule has 126 valence electrons. The van der Waals surface area contributed by atoms with E-state index < -0.39 is 22.8 Å². The molecule has 1 aromatic carbocycles. The van der Waals surface area contributed by atoms with Gasteiger partial charge in [0, 0.05) is 16.7 Å². The Morgan fingerprint density at radius 2 is 1.92 bits per heavy atom. The van der Waals surface area contributed by atoms with E-state index in [1.54, 1.807) is 0 Å². The molecule has 9 heteroatoms. The normalized spacial score (nSPS) is 16.8. The average molecular weight is 334 g/mol. The lowest BCUT2D eigenvalue weighted by atomic mass is 10.1. The van der Waals surface area contributed by atoms with Gasteiger partial charge in [0.05, 0.1) is 19.8 Å². The highest BCUT2D eigenvalue weighted by atomic mass is 16.6. The van der Waals surface area contributed by atoms with Crippen molar-refractivity contribution in [1.29, 1.82) is 0 Å². The largest absolute Gasteiger partial charge is 0.493 e. The molecule has 1 atom stereocenters. The maximum Gasteiger partial charge on any atom is 0.348 e. The lowest BCUT2D eigenvalue weighted by Crippen LogP contribution is -2.35. The Balaban J connectivity index is 2.29. The summed E-state index contributed by atoms with van der Waals surface area (Å²) >= 11 is 0. The number of nitrogens with zero attached hydrogens (tertiary/aromatic N) is 2. The van der Waals surface area contributed by atoms with Crippen molar-refractivity contribution in [3.05, 3.63) is 45.7 Å². The highest BCUT2D eigenvalue weighted by molar-refractivity contribution is 6.07. The predicted octanol–water partition coefficient (Wildman–Crippen LogP) is 1.39. The standard InChI is InChI=1S/C15H14N2O7/c1-8-6-12(13(17(20)21)14(18)16-8)24-15(19)9-4-5-10(22-2)11(7-9)23-3/h4-7,13H,1-3H3. The summed E-state index contributed by atoms with van der Waals surface area (Å²) in [7, 11) is 2.84. The van der Waals surface area contributed by atoms with Gasteiger partial charge in [0.1, 0.15) is 0 Å². The number of benzene rings is 1.